The maximum absolute atomic E-state index is 12.0. The lowest BCUT2D eigenvalue weighted by Gasteiger charge is -2.18. The molecule has 1 aliphatic rings. The number of hydrogen-bond acceptors (Lipinski definition) is 3. The van der Waals surface area contributed by atoms with E-state index in [0.29, 0.717) is 37.6 Å². The summed E-state index contributed by atoms with van der Waals surface area (Å²) < 4.78 is 6.38. The molecule has 19 heavy (non-hydrogen) atoms. The van der Waals surface area contributed by atoms with Crippen LogP contribution in [0.2, 0.25) is 0 Å². The number of amides is 2. The van der Waals surface area contributed by atoms with Gasteiger partial charge >= 0.3 is 6.03 Å². The molecule has 0 unspecified atom stereocenters. The Bertz CT molecular complexity index is 467. The van der Waals surface area contributed by atoms with Gasteiger partial charge < -0.3 is 20.1 Å². The Kier molecular flexibility index (Phi) is 4.66. The summed E-state index contributed by atoms with van der Waals surface area (Å²) in [5.74, 6) is 0.630. The van der Waals surface area contributed by atoms with Gasteiger partial charge in [0.2, 0.25) is 0 Å². The van der Waals surface area contributed by atoms with Crippen LogP contribution in [-0.4, -0.2) is 41.8 Å². The van der Waals surface area contributed by atoms with Crippen LogP contribution >= 0.6 is 15.9 Å². The van der Waals surface area contributed by atoms with Gasteiger partial charge in [-0.2, -0.15) is 0 Å². The summed E-state index contributed by atoms with van der Waals surface area (Å²) in [6, 6.07) is 5.24. The fourth-order valence-corrected chi connectivity index (χ4v) is 2.33. The molecule has 1 heterocycles. The van der Waals surface area contributed by atoms with Crippen molar-refractivity contribution < 1.29 is 14.6 Å². The molecule has 1 atom stereocenters. The van der Waals surface area contributed by atoms with E-state index in [-0.39, 0.29) is 6.03 Å². The third-order valence-electron chi connectivity index (χ3n) is 2.94. The molecule has 2 rings (SSSR count). The Morgan fingerprint density at radius 1 is 1.63 bits per heavy atom. The molecule has 5 nitrogen and oxygen atoms in total. The van der Waals surface area contributed by atoms with Crippen LogP contribution in [0, 0.1) is 0 Å². The second-order valence-corrected chi connectivity index (χ2v) is 5.31. The number of rotatable bonds is 3. The summed E-state index contributed by atoms with van der Waals surface area (Å²) in [7, 11) is 0. The number of ether oxygens (including phenoxy) is 1. The van der Waals surface area contributed by atoms with Crippen molar-refractivity contribution in [3.05, 3.63) is 22.7 Å². The highest BCUT2D eigenvalue weighted by atomic mass is 79.9. The highest BCUT2D eigenvalue weighted by Crippen LogP contribution is 2.29. The lowest BCUT2D eigenvalue weighted by atomic mass is 10.3. The van der Waals surface area contributed by atoms with Gasteiger partial charge in [0.1, 0.15) is 5.75 Å². The second kappa shape index (κ2) is 6.25. The maximum Gasteiger partial charge on any atom is 0.322 e. The molecular weight excluding hydrogens is 312 g/mol. The Balaban J connectivity index is 2.07. The van der Waals surface area contributed by atoms with E-state index in [1.54, 1.807) is 11.0 Å². The molecule has 0 aliphatic carbocycles. The first-order valence-corrected chi connectivity index (χ1v) is 7.05. The molecule has 104 valence electrons. The zero-order valence-corrected chi connectivity index (χ0v) is 12.3. The smallest absolute Gasteiger partial charge is 0.322 e. The zero-order valence-electron chi connectivity index (χ0n) is 10.7. The number of hydrogen-bond donors (Lipinski definition) is 2. The van der Waals surface area contributed by atoms with Gasteiger partial charge in [-0.25, -0.2) is 4.79 Å². The van der Waals surface area contributed by atoms with Crippen LogP contribution in [0.4, 0.5) is 10.5 Å². The van der Waals surface area contributed by atoms with Gasteiger partial charge in [0.05, 0.1) is 18.4 Å². The second-order valence-electron chi connectivity index (χ2n) is 4.39. The van der Waals surface area contributed by atoms with E-state index in [0.717, 1.165) is 4.47 Å². The minimum Gasteiger partial charge on any atom is -0.492 e. The van der Waals surface area contributed by atoms with Crippen molar-refractivity contribution in [2.75, 3.05) is 25.0 Å². The van der Waals surface area contributed by atoms with Crippen LogP contribution in [0.3, 0.4) is 0 Å². The molecule has 6 heteroatoms. The molecule has 1 aromatic rings. The first-order valence-electron chi connectivity index (χ1n) is 6.26. The van der Waals surface area contributed by atoms with Gasteiger partial charge in [-0.1, -0.05) is 15.9 Å². The number of benzene rings is 1. The topological polar surface area (TPSA) is 61.8 Å². The van der Waals surface area contributed by atoms with Gasteiger partial charge in [-0.3, -0.25) is 0 Å². The van der Waals surface area contributed by atoms with Crippen molar-refractivity contribution in [1.29, 1.82) is 0 Å². The van der Waals surface area contributed by atoms with Gasteiger partial charge in [0.15, 0.2) is 0 Å². The summed E-state index contributed by atoms with van der Waals surface area (Å²) in [6.45, 7) is 3.38. The first kappa shape index (κ1) is 14.1. The Hall–Kier alpha value is -1.27. The molecule has 2 N–H and O–H groups in total. The number of aliphatic hydroxyl groups is 1. The minimum absolute atomic E-state index is 0.208. The molecule has 2 amide bonds. The van der Waals surface area contributed by atoms with Crippen molar-refractivity contribution in [3.63, 3.8) is 0 Å². The maximum atomic E-state index is 12.0. The van der Waals surface area contributed by atoms with Gasteiger partial charge in [0.25, 0.3) is 0 Å². The van der Waals surface area contributed by atoms with Crippen molar-refractivity contribution in [2.24, 2.45) is 0 Å². The molecule has 0 bridgehead atoms. The number of nitrogens with zero attached hydrogens (tertiary/aromatic N) is 1. The average Bonchev–Trinajstić information content (AvgIpc) is 2.80. The fourth-order valence-electron chi connectivity index (χ4n) is 1.99. The number of aliphatic hydroxyl groups excluding tert-OH is 1. The Morgan fingerprint density at radius 2 is 2.42 bits per heavy atom. The van der Waals surface area contributed by atoms with E-state index in [9.17, 15) is 9.90 Å². The van der Waals surface area contributed by atoms with E-state index in [4.69, 9.17) is 4.74 Å². The molecule has 1 fully saturated rings. The van der Waals surface area contributed by atoms with Gasteiger partial charge in [-0.15, -0.1) is 0 Å². The van der Waals surface area contributed by atoms with E-state index in [2.05, 4.69) is 21.2 Å². The van der Waals surface area contributed by atoms with Crippen molar-refractivity contribution >= 4 is 27.6 Å². The number of halogens is 1. The Morgan fingerprint density at radius 3 is 3.05 bits per heavy atom. The van der Waals surface area contributed by atoms with Crippen LogP contribution in [0.1, 0.15) is 13.3 Å². The largest absolute Gasteiger partial charge is 0.492 e. The monoisotopic (exact) mass is 328 g/mol. The number of anilines is 1. The summed E-state index contributed by atoms with van der Waals surface area (Å²) in [4.78, 5) is 13.6. The van der Waals surface area contributed by atoms with Crippen molar-refractivity contribution in [1.82, 2.24) is 4.90 Å². The van der Waals surface area contributed by atoms with E-state index in [1.807, 2.05) is 19.1 Å². The number of nitrogens with one attached hydrogen (secondary N) is 1. The SMILES string of the molecule is CCOc1cc(Br)ccc1NC(=O)N1CC[C@H](O)C1. The van der Waals surface area contributed by atoms with E-state index < -0.39 is 6.10 Å². The molecular formula is C13H17BrN2O3. The third kappa shape index (κ3) is 3.61. The summed E-state index contributed by atoms with van der Waals surface area (Å²) in [6.07, 6.45) is 0.216. The summed E-state index contributed by atoms with van der Waals surface area (Å²) in [5.41, 5.74) is 0.636. The van der Waals surface area contributed by atoms with Crippen molar-refractivity contribution in [2.45, 2.75) is 19.4 Å². The number of carbonyl (C=O) groups is 1. The Labute approximate surface area is 120 Å². The summed E-state index contributed by atoms with van der Waals surface area (Å²) >= 11 is 3.37. The van der Waals surface area contributed by atoms with Crippen LogP contribution in [0.25, 0.3) is 0 Å². The molecule has 1 saturated heterocycles. The lowest BCUT2D eigenvalue weighted by Crippen LogP contribution is -2.33. The summed E-state index contributed by atoms with van der Waals surface area (Å²) in [5, 5.41) is 12.3. The van der Waals surface area contributed by atoms with Crippen LogP contribution in [-0.2, 0) is 0 Å². The van der Waals surface area contributed by atoms with E-state index >= 15 is 0 Å². The average molecular weight is 329 g/mol. The number of β-amino-alcohol motifs (C(OH)–C–C–N with tert-alkyl or cyclic N) is 1. The lowest BCUT2D eigenvalue weighted by molar-refractivity contribution is 0.176. The molecule has 0 saturated carbocycles. The first-order chi connectivity index (χ1) is 9.10. The minimum atomic E-state index is -0.415. The number of carbonyl (C=O) groups excluding carboxylic acids is 1. The van der Waals surface area contributed by atoms with Crippen molar-refractivity contribution in [3.8, 4) is 5.75 Å². The molecule has 0 aromatic heterocycles. The highest BCUT2D eigenvalue weighted by molar-refractivity contribution is 9.10. The fraction of sp³-hybridized carbons (Fsp3) is 0.462. The number of likely N-dealkylation sites (tertiary alicyclic amines) is 1. The van der Waals surface area contributed by atoms with Gasteiger partial charge in [-0.05, 0) is 31.5 Å². The molecule has 0 spiro atoms. The van der Waals surface area contributed by atoms with E-state index in [1.165, 1.54) is 0 Å². The van der Waals surface area contributed by atoms with Crippen LogP contribution in [0.5, 0.6) is 5.75 Å². The normalized spacial score (nSPS) is 18.5. The third-order valence-corrected chi connectivity index (χ3v) is 3.43. The van der Waals surface area contributed by atoms with Crippen LogP contribution < -0.4 is 10.1 Å². The molecule has 1 aromatic carbocycles. The quantitative estimate of drug-likeness (QED) is 0.895. The standard InChI is InChI=1S/C13H17BrN2O3/c1-2-19-12-7-9(14)3-4-11(12)15-13(18)16-6-5-10(17)8-16/h3-4,7,10,17H,2,5-6,8H2,1H3,(H,15,18)/t10-/m0/s1. The predicted molar refractivity (Wildman–Crippen MR) is 76.5 cm³/mol. The van der Waals surface area contributed by atoms with Gasteiger partial charge in [0, 0.05) is 17.6 Å². The predicted octanol–water partition coefficient (Wildman–Crippen LogP) is 2.45. The molecule has 1 aliphatic heterocycles. The zero-order chi connectivity index (χ0) is 13.8. The highest BCUT2D eigenvalue weighted by Gasteiger charge is 2.25. The van der Waals surface area contributed by atoms with Crippen LogP contribution in [0.15, 0.2) is 22.7 Å². The number of urea groups is 1. The molecule has 0 radical (unpaired) electrons.